The molecule has 2 atom stereocenters. The Kier molecular flexibility index (Phi) is 3.71. The fourth-order valence-corrected chi connectivity index (χ4v) is 2.44. The Hall–Kier alpha value is -1.52. The van der Waals surface area contributed by atoms with Crippen molar-refractivity contribution in [3.63, 3.8) is 0 Å². The van der Waals surface area contributed by atoms with Gasteiger partial charge in [-0.1, -0.05) is 11.6 Å². The minimum Gasteiger partial charge on any atom is -0.480 e. The van der Waals surface area contributed by atoms with Gasteiger partial charge in [0.25, 0.3) is 0 Å². The van der Waals surface area contributed by atoms with E-state index in [1.54, 1.807) is 12.5 Å². The molecule has 0 aliphatic carbocycles. The number of nitrogens with zero attached hydrogens (tertiary/aromatic N) is 1. The molecule has 5 heteroatoms. The standard InChI is InChI=1S/C14H15ClN2O2/c15-11-1-3-12(4-2-11)19-13(10-5-6-16-9-10)14-17-7-8-18-14/h1-4,7-8,10,13,16H,5-6,9H2/t10?,13-/m0/s1. The maximum Gasteiger partial charge on any atom is 0.235 e. The Morgan fingerprint density at radius 2 is 2.21 bits per heavy atom. The zero-order valence-electron chi connectivity index (χ0n) is 10.4. The molecule has 100 valence electrons. The van der Waals surface area contributed by atoms with E-state index in [0.29, 0.717) is 16.8 Å². The summed E-state index contributed by atoms with van der Waals surface area (Å²) in [5, 5.41) is 4.04. The van der Waals surface area contributed by atoms with Gasteiger partial charge < -0.3 is 14.5 Å². The molecule has 1 N–H and O–H groups in total. The summed E-state index contributed by atoms with van der Waals surface area (Å²) >= 11 is 5.88. The molecule has 1 aliphatic heterocycles. The van der Waals surface area contributed by atoms with Crippen LogP contribution >= 0.6 is 11.6 Å². The van der Waals surface area contributed by atoms with Crippen molar-refractivity contribution in [2.45, 2.75) is 12.5 Å². The lowest BCUT2D eigenvalue weighted by Crippen LogP contribution is -2.21. The van der Waals surface area contributed by atoms with Crippen molar-refractivity contribution < 1.29 is 9.15 Å². The van der Waals surface area contributed by atoms with Crippen LogP contribution in [0.4, 0.5) is 0 Å². The van der Waals surface area contributed by atoms with Crippen LogP contribution in [0.5, 0.6) is 5.75 Å². The van der Waals surface area contributed by atoms with Gasteiger partial charge in [0.15, 0.2) is 6.10 Å². The van der Waals surface area contributed by atoms with E-state index in [-0.39, 0.29) is 6.10 Å². The van der Waals surface area contributed by atoms with Gasteiger partial charge in [-0.2, -0.15) is 0 Å². The van der Waals surface area contributed by atoms with Gasteiger partial charge in [-0.25, -0.2) is 4.98 Å². The fraction of sp³-hybridized carbons (Fsp3) is 0.357. The summed E-state index contributed by atoms with van der Waals surface area (Å²) in [5.74, 6) is 1.78. The molecule has 0 bridgehead atoms. The maximum atomic E-state index is 6.04. The molecular formula is C14H15ClN2O2. The molecule has 0 radical (unpaired) electrons. The van der Waals surface area contributed by atoms with E-state index >= 15 is 0 Å². The summed E-state index contributed by atoms with van der Waals surface area (Å²) in [6, 6.07) is 7.36. The van der Waals surface area contributed by atoms with Crippen LogP contribution < -0.4 is 10.1 Å². The van der Waals surface area contributed by atoms with Gasteiger partial charge in [-0.3, -0.25) is 0 Å². The second kappa shape index (κ2) is 5.63. The molecule has 1 saturated heterocycles. The molecule has 2 heterocycles. The van der Waals surface area contributed by atoms with Gasteiger partial charge >= 0.3 is 0 Å². The van der Waals surface area contributed by atoms with Gasteiger partial charge in [-0.15, -0.1) is 0 Å². The second-order valence-corrected chi connectivity index (χ2v) is 5.05. The summed E-state index contributed by atoms with van der Waals surface area (Å²) < 4.78 is 11.5. The number of hydrogen-bond acceptors (Lipinski definition) is 4. The number of ether oxygens (including phenoxy) is 1. The van der Waals surface area contributed by atoms with Gasteiger partial charge in [0.1, 0.15) is 12.0 Å². The second-order valence-electron chi connectivity index (χ2n) is 4.62. The van der Waals surface area contributed by atoms with Crippen molar-refractivity contribution in [1.29, 1.82) is 0 Å². The average molecular weight is 279 g/mol. The molecule has 0 spiro atoms. The lowest BCUT2D eigenvalue weighted by molar-refractivity contribution is 0.114. The van der Waals surface area contributed by atoms with Crippen LogP contribution in [-0.4, -0.2) is 18.1 Å². The van der Waals surface area contributed by atoms with Crippen LogP contribution in [0.15, 0.2) is 41.1 Å². The molecule has 19 heavy (non-hydrogen) atoms. The minimum atomic E-state index is -0.161. The predicted octanol–water partition coefficient (Wildman–Crippen LogP) is 3.06. The highest BCUT2D eigenvalue weighted by atomic mass is 35.5. The molecule has 1 fully saturated rings. The van der Waals surface area contributed by atoms with Gasteiger partial charge in [0, 0.05) is 17.5 Å². The maximum absolute atomic E-state index is 6.04. The third-order valence-electron chi connectivity index (χ3n) is 3.30. The Morgan fingerprint density at radius 1 is 1.37 bits per heavy atom. The van der Waals surface area contributed by atoms with Crippen molar-refractivity contribution in [2.75, 3.05) is 13.1 Å². The van der Waals surface area contributed by atoms with E-state index < -0.39 is 0 Å². The molecule has 0 saturated carbocycles. The molecule has 4 nitrogen and oxygen atoms in total. The van der Waals surface area contributed by atoms with Gasteiger partial charge in [-0.05, 0) is 37.2 Å². The lowest BCUT2D eigenvalue weighted by Gasteiger charge is -2.21. The largest absolute Gasteiger partial charge is 0.480 e. The smallest absolute Gasteiger partial charge is 0.235 e. The third-order valence-corrected chi connectivity index (χ3v) is 3.55. The summed E-state index contributed by atoms with van der Waals surface area (Å²) in [4.78, 5) is 4.23. The Labute approximate surface area is 116 Å². The molecule has 3 rings (SSSR count). The summed E-state index contributed by atoms with van der Waals surface area (Å²) in [5.41, 5.74) is 0. The van der Waals surface area contributed by atoms with Gasteiger partial charge in [0.05, 0.1) is 6.20 Å². The van der Waals surface area contributed by atoms with Crippen molar-refractivity contribution in [3.8, 4) is 5.75 Å². The number of hydrogen-bond donors (Lipinski definition) is 1. The number of halogens is 1. The highest BCUT2D eigenvalue weighted by Crippen LogP contribution is 2.31. The minimum absolute atomic E-state index is 0.161. The van der Waals surface area contributed by atoms with E-state index in [1.807, 2.05) is 24.3 Å². The van der Waals surface area contributed by atoms with Gasteiger partial charge in [0.2, 0.25) is 5.89 Å². The number of oxazole rings is 1. The van der Waals surface area contributed by atoms with Crippen molar-refractivity contribution >= 4 is 11.6 Å². The monoisotopic (exact) mass is 278 g/mol. The topological polar surface area (TPSA) is 47.3 Å². The first kappa shape index (κ1) is 12.5. The number of nitrogens with one attached hydrogen (secondary N) is 1. The lowest BCUT2D eigenvalue weighted by atomic mass is 10.0. The number of aromatic nitrogens is 1. The average Bonchev–Trinajstić information content (AvgIpc) is 3.11. The van der Waals surface area contributed by atoms with E-state index in [4.69, 9.17) is 20.8 Å². The fourth-order valence-electron chi connectivity index (χ4n) is 2.32. The first-order chi connectivity index (χ1) is 9.33. The quantitative estimate of drug-likeness (QED) is 0.934. The van der Waals surface area contributed by atoms with Crippen molar-refractivity contribution in [2.24, 2.45) is 5.92 Å². The van der Waals surface area contributed by atoms with Crippen LogP contribution in [0.3, 0.4) is 0 Å². The van der Waals surface area contributed by atoms with Crippen LogP contribution in [-0.2, 0) is 0 Å². The Morgan fingerprint density at radius 3 is 2.84 bits per heavy atom. The number of benzene rings is 1. The molecule has 1 aromatic carbocycles. The van der Waals surface area contributed by atoms with Crippen LogP contribution in [0, 0.1) is 5.92 Å². The normalized spacial score (nSPS) is 20.4. The highest BCUT2D eigenvalue weighted by Gasteiger charge is 2.31. The first-order valence-electron chi connectivity index (χ1n) is 6.35. The van der Waals surface area contributed by atoms with E-state index in [0.717, 1.165) is 25.3 Å². The SMILES string of the molecule is Clc1ccc(O[C@H](c2ncco2)C2CCNC2)cc1. The van der Waals surface area contributed by atoms with E-state index in [2.05, 4.69) is 10.3 Å². The molecular weight excluding hydrogens is 264 g/mol. The zero-order chi connectivity index (χ0) is 13.1. The molecule has 2 aromatic rings. The Balaban J connectivity index is 1.81. The van der Waals surface area contributed by atoms with Crippen LogP contribution in [0.25, 0.3) is 0 Å². The Bertz CT molecular complexity index is 507. The summed E-state index contributed by atoms with van der Waals surface area (Å²) in [6.07, 6.45) is 4.12. The van der Waals surface area contributed by atoms with Crippen molar-refractivity contribution in [3.05, 3.63) is 47.6 Å². The summed E-state index contributed by atoms with van der Waals surface area (Å²) in [6.45, 7) is 1.92. The van der Waals surface area contributed by atoms with E-state index in [1.165, 1.54) is 0 Å². The van der Waals surface area contributed by atoms with Crippen molar-refractivity contribution in [1.82, 2.24) is 10.3 Å². The predicted molar refractivity (Wildman–Crippen MR) is 72.3 cm³/mol. The molecule has 1 aliphatic rings. The molecule has 1 aromatic heterocycles. The zero-order valence-corrected chi connectivity index (χ0v) is 11.1. The summed E-state index contributed by atoms with van der Waals surface area (Å²) in [7, 11) is 0. The van der Waals surface area contributed by atoms with Crippen LogP contribution in [0.2, 0.25) is 5.02 Å². The number of rotatable bonds is 4. The highest BCUT2D eigenvalue weighted by molar-refractivity contribution is 6.30. The first-order valence-corrected chi connectivity index (χ1v) is 6.73. The molecule has 0 amide bonds. The molecule has 1 unspecified atom stereocenters. The van der Waals surface area contributed by atoms with E-state index in [9.17, 15) is 0 Å². The third kappa shape index (κ3) is 2.91. The van der Waals surface area contributed by atoms with Crippen LogP contribution in [0.1, 0.15) is 18.4 Å².